The molecule has 0 saturated heterocycles. The molecule has 0 saturated carbocycles. The summed E-state index contributed by atoms with van der Waals surface area (Å²) >= 11 is 0. The molecule has 26 heavy (non-hydrogen) atoms. The Morgan fingerprint density at radius 2 is 1.69 bits per heavy atom. The first kappa shape index (κ1) is 19.6. The van der Waals surface area contributed by atoms with Crippen LogP contribution in [-0.4, -0.2) is 25.8 Å². The number of benzene rings is 2. The fraction of sp³-hybridized carbons (Fsp3) is 0.381. The fourth-order valence-corrected chi connectivity index (χ4v) is 2.40. The lowest BCUT2D eigenvalue weighted by Crippen LogP contribution is -2.05. The van der Waals surface area contributed by atoms with E-state index in [0.717, 1.165) is 29.2 Å². The highest BCUT2D eigenvalue weighted by atomic mass is 16.5. The van der Waals surface area contributed by atoms with E-state index in [4.69, 9.17) is 14.2 Å². The molecule has 2 rings (SSSR count). The summed E-state index contributed by atoms with van der Waals surface area (Å²) in [5.41, 5.74) is 2.57. The number of carbonyl (C=O) groups is 1. The topological polar surface area (TPSA) is 56.8 Å². The molecule has 1 N–H and O–H groups in total. The van der Waals surface area contributed by atoms with Crippen molar-refractivity contribution in [3.8, 4) is 11.5 Å². The maximum Gasteiger partial charge on any atom is 0.338 e. The molecule has 0 atom stereocenters. The zero-order chi connectivity index (χ0) is 18.8. The maximum absolute atomic E-state index is 11.7. The van der Waals surface area contributed by atoms with Crippen molar-refractivity contribution in [3.05, 3.63) is 53.6 Å². The smallest absolute Gasteiger partial charge is 0.338 e. The van der Waals surface area contributed by atoms with Crippen LogP contribution in [0.4, 0.5) is 5.69 Å². The molecule has 0 unspecified atom stereocenters. The van der Waals surface area contributed by atoms with Crippen molar-refractivity contribution in [1.29, 1.82) is 0 Å². The van der Waals surface area contributed by atoms with Crippen LogP contribution in [0.2, 0.25) is 0 Å². The van der Waals surface area contributed by atoms with Gasteiger partial charge in [0.25, 0.3) is 0 Å². The molecule has 2 aromatic rings. The number of hydrogen-bond donors (Lipinski definition) is 1. The summed E-state index contributed by atoms with van der Waals surface area (Å²) in [5.74, 6) is 1.23. The van der Waals surface area contributed by atoms with Gasteiger partial charge in [-0.3, -0.25) is 0 Å². The highest BCUT2D eigenvalue weighted by molar-refractivity contribution is 5.89. The highest BCUT2D eigenvalue weighted by Gasteiger charge is 2.08. The highest BCUT2D eigenvalue weighted by Crippen LogP contribution is 2.29. The van der Waals surface area contributed by atoms with Gasteiger partial charge in [-0.05, 0) is 62.2 Å². The molecule has 0 radical (unpaired) electrons. The van der Waals surface area contributed by atoms with Crippen molar-refractivity contribution in [2.24, 2.45) is 0 Å². The second-order valence-corrected chi connectivity index (χ2v) is 5.71. The Morgan fingerprint density at radius 1 is 0.923 bits per heavy atom. The largest absolute Gasteiger partial charge is 0.490 e. The van der Waals surface area contributed by atoms with Crippen LogP contribution in [0.15, 0.2) is 42.5 Å². The lowest BCUT2D eigenvalue weighted by atomic mass is 10.1. The van der Waals surface area contributed by atoms with Gasteiger partial charge in [-0.25, -0.2) is 4.79 Å². The first-order valence-corrected chi connectivity index (χ1v) is 9.07. The first-order valence-electron chi connectivity index (χ1n) is 9.07. The van der Waals surface area contributed by atoms with E-state index in [-0.39, 0.29) is 5.97 Å². The van der Waals surface area contributed by atoms with Gasteiger partial charge in [-0.2, -0.15) is 0 Å². The third-order valence-corrected chi connectivity index (χ3v) is 3.66. The van der Waals surface area contributed by atoms with Crippen LogP contribution < -0.4 is 14.8 Å². The van der Waals surface area contributed by atoms with E-state index in [1.165, 1.54) is 0 Å². The summed E-state index contributed by atoms with van der Waals surface area (Å²) in [6, 6.07) is 13.2. The number of rotatable bonds is 10. The van der Waals surface area contributed by atoms with E-state index in [1.54, 1.807) is 19.1 Å². The number of esters is 1. The minimum Gasteiger partial charge on any atom is -0.490 e. The number of hydrogen-bond acceptors (Lipinski definition) is 5. The fourth-order valence-electron chi connectivity index (χ4n) is 2.40. The van der Waals surface area contributed by atoms with Gasteiger partial charge >= 0.3 is 5.97 Å². The van der Waals surface area contributed by atoms with E-state index in [2.05, 4.69) is 12.2 Å². The van der Waals surface area contributed by atoms with E-state index in [1.807, 2.05) is 37.3 Å². The summed E-state index contributed by atoms with van der Waals surface area (Å²) in [6.45, 7) is 8.11. The Hall–Kier alpha value is -2.69. The number of nitrogens with one attached hydrogen (secondary N) is 1. The second kappa shape index (κ2) is 10.3. The van der Waals surface area contributed by atoms with Gasteiger partial charge in [0.05, 0.1) is 25.4 Å². The van der Waals surface area contributed by atoms with E-state index in [0.29, 0.717) is 31.9 Å². The van der Waals surface area contributed by atoms with Crippen LogP contribution in [0, 0.1) is 0 Å². The Kier molecular flexibility index (Phi) is 7.80. The van der Waals surface area contributed by atoms with Crippen molar-refractivity contribution in [2.75, 3.05) is 25.1 Å². The summed E-state index contributed by atoms with van der Waals surface area (Å²) in [7, 11) is 0. The molecule has 0 bridgehead atoms. The van der Waals surface area contributed by atoms with Gasteiger partial charge < -0.3 is 19.5 Å². The summed E-state index contributed by atoms with van der Waals surface area (Å²) < 4.78 is 16.4. The molecule has 5 nitrogen and oxygen atoms in total. The molecule has 5 heteroatoms. The van der Waals surface area contributed by atoms with Crippen LogP contribution in [0.5, 0.6) is 11.5 Å². The lowest BCUT2D eigenvalue weighted by molar-refractivity contribution is 0.0526. The molecule has 0 heterocycles. The van der Waals surface area contributed by atoms with Crippen molar-refractivity contribution >= 4 is 11.7 Å². The minimum absolute atomic E-state index is 0.303. The monoisotopic (exact) mass is 357 g/mol. The quantitative estimate of drug-likeness (QED) is 0.627. The summed E-state index contributed by atoms with van der Waals surface area (Å²) in [6.07, 6.45) is 0.955. The average molecular weight is 357 g/mol. The van der Waals surface area contributed by atoms with Gasteiger partial charge in [0.15, 0.2) is 11.5 Å². The molecule has 0 fully saturated rings. The first-order chi connectivity index (χ1) is 12.7. The average Bonchev–Trinajstić information content (AvgIpc) is 2.66. The van der Waals surface area contributed by atoms with Gasteiger partial charge in [-0.15, -0.1) is 0 Å². The summed E-state index contributed by atoms with van der Waals surface area (Å²) in [4.78, 5) is 11.7. The van der Waals surface area contributed by atoms with E-state index in [9.17, 15) is 4.79 Å². The maximum atomic E-state index is 11.7. The zero-order valence-electron chi connectivity index (χ0n) is 15.7. The normalized spacial score (nSPS) is 10.3. The SMILES string of the molecule is CCCOc1ccc(CNc2ccc(C(=O)OCC)cc2)cc1OCC. The molecule has 0 aromatic heterocycles. The number of anilines is 1. The Bertz CT molecular complexity index is 698. The van der Waals surface area contributed by atoms with Gasteiger partial charge in [0.2, 0.25) is 0 Å². The molecule has 0 aliphatic carbocycles. The van der Waals surface area contributed by atoms with Crippen LogP contribution in [0.25, 0.3) is 0 Å². The third kappa shape index (κ3) is 5.69. The van der Waals surface area contributed by atoms with Crippen LogP contribution in [0.3, 0.4) is 0 Å². The van der Waals surface area contributed by atoms with Gasteiger partial charge in [0, 0.05) is 12.2 Å². The molecular weight excluding hydrogens is 330 g/mol. The van der Waals surface area contributed by atoms with Gasteiger partial charge in [-0.1, -0.05) is 13.0 Å². The number of ether oxygens (including phenoxy) is 3. The van der Waals surface area contributed by atoms with Crippen molar-refractivity contribution < 1.29 is 19.0 Å². The summed E-state index contributed by atoms with van der Waals surface area (Å²) in [5, 5.41) is 3.34. The molecular formula is C21H27NO4. The van der Waals surface area contributed by atoms with Gasteiger partial charge in [0.1, 0.15) is 0 Å². The second-order valence-electron chi connectivity index (χ2n) is 5.71. The molecule has 0 aliphatic rings. The predicted octanol–water partition coefficient (Wildman–Crippen LogP) is 4.66. The molecule has 140 valence electrons. The third-order valence-electron chi connectivity index (χ3n) is 3.66. The molecule has 0 aliphatic heterocycles. The predicted molar refractivity (Wildman–Crippen MR) is 103 cm³/mol. The zero-order valence-corrected chi connectivity index (χ0v) is 15.7. The van der Waals surface area contributed by atoms with Crippen LogP contribution in [-0.2, 0) is 11.3 Å². The van der Waals surface area contributed by atoms with Crippen molar-refractivity contribution in [2.45, 2.75) is 33.7 Å². The Morgan fingerprint density at radius 3 is 2.35 bits per heavy atom. The molecule has 0 amide bonds. The van der Waals surface area contributed by atoms with Crippen molar-refractivity contribution in [3.63, 3.8) is 0 Å². The standard InChI is InChI=1S/C21H27NO4/c1-4-13-26-19-12-7-16(14-20(19)24-5-2)15-22-18-10-8-17(9-11-18)21(23)25-6-3/h7-12,14,22H,4-6,13,15H2,1-3H3. The molecule has 2 aromatic carbocycles. The Balaban J connectivity index is 2.00. The van der Waals surface area contributed by atoms with Crippen LogP contribution in [0.1, 0.15) is 43.1 Å². The lowest BCUT2D eigenvalue weighted by Gasteiger charge is -2.14. The van der Waals surface area contributed by atoms with Crippen LogP contribution >= 0.6 is 0 Å². The number of carbonyl (C=O) groups excluding carboxylic acids is 1. The van der Waals surface area contributed by atoms with Crippen molar-refractivity contribution in [1.82, 2.24) is 0 Å². The Labute approximate surface area is 155 Å². The minimum atomic E-state index is -0.303. The van der Waals surface area contributed by atoms with E-state index >= 15 is 0 Å². The molecule has 0 spiro atoms. The van der Waals surface area contributed by atoms with E-state index < -0.39 is 0 Å².